The van der Waals surface area contributed by atoms with E-state index < -0.39 is 28.2 Å². The van der Waals surface area contributed by atoms with Gasteiger partial charge in [-0.3, -0.25) is 13.9 Å². The molecular formula is C31H33F4N5O2S2. The summed E-state index contributed by atoms with van der Waals surface area (Å²) < 4.78 is 70.0. The maximum Gasteiger partial charge on any atom is 0.420 e. The number of anilines is 2. The molecule has 0 saturated heterocycles. The third-order valence-corrected chi connectivity index (χ3v) is 11.2. The fraction of sp³-hybridized carbons (Fsp3) is 0.516. The van der Waals surface area contributed by atoms with Crippen LogP contribution in [-0.4, -0.2) is 67.0 Å². The topological polar surface area (TPSA) is 78.4 Å². The van der Waals surface area contributed by atoms with E-state index in [-0.39, 0.29) is 44.0 Å². The molecule has 7 nitrogen and oxygen atoms in total. The maximum atomic E-state index is 14.3. The number of alkyl halides is 4. The summed E-state index contributed by atoms with van der Waals surface area (Å²) in [7, 11) is -1.51. The van der Waals surface area contributed by atoms with Crippen LogP contribution in [0.4, 0.5) is 29.2 Å². The van der Waals surface area contributed by atoms with Crippen LogP contribution < -0.4 is 5.32 Å². The van der Waals surface area contributed by atoms with Gasteiger partial charge in [-0.2, -0.15) is 13.2 Å². The highest BCUT2D eigenvalue weighted by Gasteiger charge is 2.40. The van der Waals surface area contributed by atoms with E-state index in [1.807, 2.05) is 6.07 Å². The zero-order valence-corrected chi connectivity index (χ0v) is 26.1. The second-order valence-electron chi connectivity index (χ2n) is 12.8. The zero-order valence-electron chi connectivity index (χ0n) is 24.5. The minimum atomic E-state index is -4.73. The van der Waals surface area contributed by atoms with E-state index >= 15 is 0 Å². The van der Waals surface area contributed by atoms with Gasteiger partial charge in [0.15, 0.2) is 0 Å². The number of amides is 1. The van der Waals surface area contributed by atoms with Crippen LogP contribution >= 0.6 is 11.3 Å². The van der Waals surface area contributed by atoms with E-state index in [4.69, 9.17) is 0 Å². The summed E-state index contributed by atoms with van der Waals surface area (Å²) in [6, 6.07) is 5.71. The number of rotatable bonds is 7. The van der Waals surface area contributed by atoms with Crippen LogP contribution in [-0.2, 0) is 29.9 Å². The van der Waals surface area contributed by atoms with E-state index in [2.05, 4.69) is 26.3 Å². The van der Waals surface area contributed by atoms with E-state index in [9.17, 15) is 26.6 Å². The van der Waals surface area contributed by atoms with Crippen LogP contribution in [0, 0.1) is 0 Å². The lowest BCUT2D eigenvalue weighted by atomic mass is 9.93. The van der Waals surface area contributed by atoms with Gasteiger partial charge in [0.25, 0.3) is 5.91 Å². The SMILES string of the molecule is CC(C)(F)CN1CCc2cc(Nc3ncc(C(F)(F)F)c(-c4cc5c(s4)C(=O)N(C4CC4)CCS5=O)n3)c(C3CC3)cc2C1. The second kappa shape index (κ2) is 10.9. The normalized spacial score (nSPS) is 21.2. The first-order chi connectivity index (χ1) is 20.8. The van der Waals surface area contributed by atoms with Gasteiger partial charge in [-0.25, -0.2) is 14.4 Å². The van der Waals surface area contributed by atoms with Crippen LogP contribution in [0.15, 0.2) is 29.3 Å². The fourth-order valence-electron chi connectivity index (χ4n) is 6.22. The summed E-state index contributed by atoms with van der Waals surface area (Å²) in [5, 5.41) is 3.21. The third-order valence-electron chi connectivity index (χ3n) is 8.56. The van der Waals surface area contributed by atoms with Crippen LogP contribution in [0.2, 0.25) is 0 Å². The van der Waals surface area contributed by atoms with E-state index in [1.54, 1.807) is 18.7 Å². The maximum absolute atomic E-state index is 14.3. The molecule has 1 atom stereocenters. The molecule has 7 rings (SSSR count). The third kappa shape index (κ3) is 6.02. The van der Waals surface area contributed by atoms with Crippen molar-refractivity contribution in [3.8, 4) is 10.6 Å². The quantitative estimate of drug-likeness (QED) is 0.289. The number of halogens is 4. The molecule has 13 heteroatoms. The Morgan fingerprint density at radius 1 is 1.07 bits per heavy atom. The van der Waals surface area contributed by atoms with Crippen molar-refractivity contribution in [2.45, 2.75) is 81.2 Å². The van der Waals surface area contributed by atoms with E-state index in [0.29, 0.717) is 32.1 Å². The Morgan fingerprint density at radius 3 is 2.52 bits per heavy atom. The van der Waals surface area contributed by atoms with Crippen LogP contribution in [0.1, 0.15) is 77.4 Å². The molecule has 44 heavy (non-hydrogen) atoms. The molecule has 1 unspecified atom stereocenters. The predicted octanol–water partition coefficient (Wildman–Crippen LogP) is 6.68. The Bertz CT molecular complexity index is 1660. The molecule has 4 aliphatic rings. The summed E-state index contributed by atoms with van der Waals surface area (Å²) in [4.78, 5) is 26.2. The molecule has 1 N–H and O–H groups in total. The number of hydrogen-bond acceptors (Lipinski definition) is 7. The average Bonchev–Trinajstić information content (AvgIpc) is 3.88. The van der Waals surface area contributed by atoms with Crippen molar-refractivity contribution in [1.29, 1.82) is 0 Å². The Labute approximate surface area is 259 Å². The number of nitrogens with one attached hydrogen (secondary N) is 1. The molecule has 2 aromatic heterocycles. The minimum Gasteiger partial charge on any atom is -0.334 e. The van der Waals surface area contributed by atoms with Crippen molar-refractivity contribution in [1.82, 2.24) is 19.8 Å². The van der Waals surface area contributed by atoms with Gasteiger partial charge in [-0.05, 0) is 80.7 Å². The number of benzene rings is 1. The van der Waals surface area contributed by atoms with Crippen molar-refractivity contribution in [3.63, 3.8) is 0 Å². The minimum absolute atomic E-state index is 0.0158. The van der Waals surface area contributed by atoms with Gasteiger partial charge >= 0.3 is 6.18 Å². The lowest BCUT2D eigenvalue weighted by Gasteiger charge is -2.33. The number of nitrogens with zero attached hydrogens (tertiary/aromatic N) is 4. The van der Waals surface area contributed by atoms with Crippen LogP contribution in [0.3, 0.4) is 0 Å². The smallest absolute Gasteiger partial charge is 0.334 e. The Kier molecular flexibility index (Phi) is 7.36. The van der Waals surface area contributed by atoms with Gasteiger partial charge in [-0.15, -0.1) is 11.3 Å². The molecule has 4 heterocycles. The van der Waals surface area contributed by atoms with Gasteiger partial charge in [-0.1, -0.05) is 6.07 Å². The second-order valence-corrected chi connectivity index (χ2v) is 15.4. The van der Waals surface area contributed by atoms with Crippen molar-refractivity contribution >= 4 is 39.7 Å². The Morgan fingerprint density at radius 2 is 1.84 bits per heavy atom. The van der Waals surface area contributed by atoms with Crippen LogP contribution in [0.5, 0.6) is 0 Å². The summed E-state index contributed by atoms with van der Waals surface area (Å²) >= 11 is 0.915. The number of aromatic nitrogens is 2. The summed E-state index contributed by atoms with van der Waals surface area (Å²) in [6.07, 6.45) is 0.554. The largest absolute Gasteiger partial charge is 0.420 e. The molecule has 2 aliphatic carbocycles. The van der Waals surface area contributed by atoms with E-state index in [0.717, 1.165) is 72.0 Å². The number of carbonyl (C=O) groups is 1. The average molecular weight is 648 g/mol. The van der Waals surface area contributed by atoms with Gasteiger partial charge in [0.2, 0.25) is 5.95 Å². The standard InChI is InChI=1S/C31H33F4N5O2S2/c1-30(2,32)16-39-8-7-18-12-23(21(17-3-4-17)11-19(18)15-39)37-29-36-14-22(31(33,34)35)26(38-29)24-13-25-27(43-24)28(41)40(20-5-6-20)9-10-44(25)42/h11-14,17,20H,3-10,15-16H2,1-2H3,(H,36,37,38). The van der Waals surface area contributed by atoms with Gasteiger partial charge in [0.1, 0.15) is 16.1 Å². The molecule has 2 aliphatic heterocycles. The van der Waals surface area contributed by atoms with Crippen LogP contribution in [0.25, 0.3) is 10.6 Å². The number of thiophene rings is 1. The number of fused-ring (bicyclic) bond motifs is 2. The summed E-state index contributed by atoms with van der Waals surface area (Å²) in [5.41, 5.74) is 1.41. The molecule has 2 fully saturated rings. The van der Waals surface area contributed by atoms with Crippen molar-refractivity contribution in [2.24, 2.45) is 0 Å². The monoisotopic (exact) mass is 647 g/mol. The first-order valence-corrected chi connectivity index (χ1v) is 17.1. The highest BCUT2D eigenvalue weighted by molar-refractivity contribution is 7.85. The lowest BCUT2D eigenvalue weighted by Crippen LogP contribution is -2.39. The first-order valence-electron chi connectivity index (χ1n) is 15.0. The molecule has 234 valence electrons. The molecule has 3 aromatic rings. The van der Waals surface area contributed by atoms with E-state index in [1.165, 1.54) is 6.07 Å². The Hall–Kier alpha value is -2.90. The number of hydrogen-bond donors (Lipinski definition) is 1. The molecule has 1 aromatic carbocycles. The summed E-state index contributed by atoms with van der Waals surface area (Å²) in [5.74, 6) is 0.317. The van der Waals surface area contributed by atoms with Crippen molar-refractivity contribution in [2.75, 3.05) is 30.7 Å². The molecule has 0 radical (unpaired) electrons. The molecule has 0 bridgehead atoms. The van der Waals surface area contributed by atoms with Crippen molar-refractivity contribution in [3.05, 3.63) is 51.5 Å². The lowest BCUT2D eigenvalue weighted by molar-refractivity contribution is -0.137. The van der Waals surface area contributed by atoms with Gasteiger partial charge in [0, 0.05) is 49.9 Å². The summed E-state index contributed by atoms with van der Waals surface area (Å²) in [6.45, 7) is 5.23. The zero-order chi connectivity index (χ0) is 31.0. The predicted molar refractivity (Wildman–Crippen MR) is 162 cm³/mol. The van der Waals surface area contributed by atoms with Gasteiger partial charge in [0.05, 0.1) is 26.3 Å². The van der Waals surface area contributed by atoms with Crippen molar-refractivity contribution < 1.29 is 26.6 Å². The highest BCUT2D eigenvalue weighted by atomic mass is 32.2. The number of carbonyl (C=O) groups excluding carboxylic acids is 1. The highest BCUT2D eigenvalue weighted by Crippen LogP contribution is 2.46. The Balaban J connectivity index is 1.24. The molecule has 1 amide bonds. The fourth-order valence-corrected chi connectivity index (χ4v) is 8.84. The van der Waals surface area contributed by atoms with Gasteiger partial charge < -0.3 is 10.2 Å². The molecule has 2 saturated carbocycles. The first kappa shape index (κ1) is 29.8. The molecule has 0 spiro atoms. The molecular weight excluding hydrogens is 614 g/mol.